The van der Waals surface area contributed by atoms with Crippen LogP contribution in [0, 0.1) is 5.82 Å². The largest absolute Gasteiger partial charge is 0.506 e. The molecule has 0 radical (unpaired) electrons. The zero-order chi connectivity index (χ0) is 18.0. The van der Waals surface area contributed by atoms with Gasteiger partial charge in [-0.05, 0) is 30.2 Å². The summed E-state index contributed by atoms with van der Waals surface area (Å²) in [6, 6.07) is 11.1. The molecule has 0 aromatic heterocycles. The van der Waals surface area contributed by atoms with E-state index in [1.807, 2.05) is 24.3 Å². The van der Waals surface area contributed by atoms with Crippen LogP contribution in [-0.4, -0.2) is 23.5 Å². The molecule has 0 saturated carbocycles. The average Bonchev–Trinajstić information content (AvgIpc) is 2.95. The highest BCUT2D eigenvalue weighted by Crippen LogP contribution is 2.38. The Morgan fingerprint density at radius 3 is 2.80 bits per heavy atom. The Bertz CT molecular complexity index is 822. The van der Waals surface area contributed by atoms with Crippen molar-refractivity contribution in [1.82, 2.24) is 0 Å². The number of rotatable bonds is 4. The van der Waals surface area contributed by atoms with Crippen LogP contribution in [-0.2, 0) is 9.59 Å². The molecule has 2 amide bonds. The van der Waals surface area contributed by atoms with E-state index in [0.29, 0.717) is 13.0 Å². The summed E-state index contributed by atoms with van der Waals surface area (Å²) in [6.07, 6.45) is 0.767. The van der Waals surface area contributed by atoms with Crippen LogP contribution in [0.5, 0.6) is 5.75 Å². The average molecular weight is 342 g/mol. The predicted octanol–water partition coefficient (Wildman–Crippen LogP) is 3.40. The molecule has 0 aliphatic carbocycles. The van der Waals surface area contributed by atoms with Gasteiger partial charge in [0.15, 0.2) is 0 Å². The SMILES string of the molecule is CC(=O)N1C[C@H](CCC(=O)Nc2cc(F)ccc2O)c2ccccc21. The molecule has 1 aliphatic rings. The summed E-state index contributed by atoms with van der Waals surface area (Å²) < 4.78 is 13.2. The minimum absolute atomic E-state index is 0.0240. The smallest absolute Gasteiger partial charge is 0.224 e. The maximum atomic E-state index is 13.2. The first kappa shape index (κ1) is 17.0. The molecule has 0 unspecified atom stereocenters. The molecule has 1 atom stereocenters. The molecule has 2 N–H and O–H groups in total. The summed E-state index contributed by atoms with van der Waals surface area (Å²) in [4.78, 5) is 25.6. The van der Waals surface area contributed by atoms with Crippen molar-refractivity contribution in [1.29, 1.82) is 0 Å². The quantitative estimate of drug-likeness (QED) is 0.837. The number of fused-ring (bicyclic) bond motifs is 1. The highest BCUT2D eigenvalue weighted by molar-refractivity contribution is 5.94. The topological polar surface area (TPSA) is 69.6 Å². The lowest BCUT2D eigenvalue weighted by Crippen LogP contribution is -2.27. The molecule has 0 saturated heterocycles. The summed E-state index contributed by atoms with van der Waals surface area (Å²) in [6.45, 7) is 2.08. The maximum absolute atomic E-state index is 13.2. The van der Waals surface area contributed by atoms with Crippen LogP contribution in [0.15, 0.2) is 42.5 Å². The first-order valence-electron chi connectivity index (χ1n) is 8.11. The molecule has 25 heavy (non-hydrogen) atoms. The van der Waals surface area contributed by atoms with E-state index >= 15 is 0 Å². The number of amides is 2. The van der Waals surface area contributed by atoms with E-state index in [2.05, 4.69) is 5.32 Å². The Morgan fingerprint density at radius 2 is 2.04 bits per heavy atom. The van der Waals surface area contributed by atoms with E-state index in [0.717, 1.165) is 23.4 Å². The van der Waals surface area contributed by atoms with Crippen molar-refractivity contribution in [2.75, 3.05) is 16.8 Å². The van der Waals surface area contributed by atoms with Gasteiger partial charge in [0.05, 0.1) is 5.69 Å². The molecule has 3 rings (SSSR count). The number of hydrogen-bond acceptors (Lipinski definition) is 3. The van der Waals surface area contributed by atoms with E-state index in [1.165, 1.54) is 13.0 Å². The zero-order valence-electron chi connectivity index (χ0n) is 13.8. The minimum Gasteiger partial charge on any atom is -0.506 e. The lowest BCUT2D eigenvalue weighted by molar-refractivity contribution is -0.116. The van der Waals surface area contributed by atoms with Gasteiger partial charge in [-0.3, -0.25) is 9.59 Å². The first-order valence-corrected chi connectivity index (χ1v) is 8.11. The van der Waals surface area contributed by atoms with E-state index in [4.69, 9.17) is 0 Å². The Balaban J connectivity index is 1.65. The highest BCUT2D eigenvalue weighted by atomic mass is 19.1. The van der Waals surface area contributed by atoms with Gasteiger partial charge < -0.3 is 15.3 Å². The number of nitrogens with zero attached hydrogens (tertiary/aromatic N) is 1. The lowest BCUT2D eigenvalue weighted by Gasteiger charge is -2.15. The van der Waals surface area contributed by atoms with Gasteiger partial charge in [0, 0.05) is 37.6 Å². The predicted molar refractivity (Wildman–Crippen MR) is 93.1 cm³/mol. The molecule has 1 heterocycles. The fourth-order valence-electron chi connectivity index (χ4n) is 3.17. The molecule has 130 valence electrons. The van der Waals surface area contributed by atoms with Crippen molar-refractivity contribution >= 4 is 23.2 Å². The molecule has 0 bridgehead atoms. The van der Waals surface area contributed by atoms with Crippen LogP contribution in [0.4, 0.5) is 15.8 Å². The standard InChI is InChI=1S/C19H19FN2O3/c1-12(23)22-11-13(15-4-2-3-5-17(15)22)6-9-19(25)21-16-10-14(20)7-8-18(16)24/h2-5,7-8,10,13,24H,6,9,11H2,1H3,(H,21,25)/t13-/m0/s1. The van der Waals surface area contributed by atoms with Gasteiger partial charge in [0.25, 0.3) is 0 Å². The summed E-state index contributed by atoms with van der Waals surface area (Å²) in [7, 11) is 0. The fourth-order valence-corrected chi connectivity index (χ4v) is 3.17. The van der Waals surface area contributed by atoms with Crippen molar-refractivity contribution in [2.24, 2.45) is 0 Å². The van der Waals surface area contributed by atoms with Gasteiger partial charge in [0.2, 0.25) is 11.8 Å². The Morgan fingerprint density at radius 1 is 1.28 bits per heavy atom. The van der Waals surface area contributed by atoms with Crippen molar-refractivity contribution in [3.63, 3.8) is 0 Å². The van der Waals surface area contributed by atoms with Crippen molar-refractivity contribution in [3.8, 4) is 5.75 Å². The zero-order valence-corrected chi connectivity index (χ0v) is 13.8. The molecule has 0 fully saturated rings. The summed E-state index contributed by atoms with van der Waals surface area (Å²) in [5.74, 6) is -0.964. The van der Waals surface area contributed by atoms with E-state index in [9.17, 15) is 19.1 Å². The second-order valence-corrected chi connectivity index (χ2v) is 6.13. The maximum Gasteiger partial charge on any atom is 0.224 e. The number of hydrogen-bond donors (Lipinski definition) is 2. The number of aromatic hydroxyl groups is 1. The number of para-hydroxylation sites is 1. The molecule has 1 aliphatic heterocycles. The fraction of sp³-hybridized carbons (Fsp3) is 0.263. The number of anilines is 2. The van der Waals surface area contributed by atoms with Crippen LogP contribution >= 0.6 is 0 Å². The third-order valence-electron chi connectivity index (χ3n) is 4.40. The second kappa shape index (κ2) is 6.93. The third kappa shape index (κ3) is 3.63. The lowest BCUT2D eigenvalue weighted by atomic mass is 9.96. The number of phenolic OH excluding ortho intramolecular Hbond substituents is 1. The summed E-state index contributed by atoms with van der Waals surface area (Å²) >= 11 is 0. The number of benzene rings is 2. The third-order valence-corrected chi connectivity index (χ3v) is 4.40. The van der Waals surface area contributed by atoms with Gasteiger partial charge in [-0.2, -0.15) is 0 Å². The minimum atomic E-state index is -0.532. The van der Waals surface area contributed by atoms with Crippen molar-refractivity contribution in [2.45, 2.75) is 25.7 Å². The molecule has 2 aromatic carbocycles. The molecule has 0 spiro atoms. The number of phenols is 1. The molecule has 2 aromatic rings. The Labute approximate surface area is 145 Å². The van der Waals surface area contributed by atoms with E-state index < -0.39 is 5.82 Å². The Hall–Kier alpha value is -2.89. The second-order valence-electron chi connectivity index (χ2n) is 6.13. The number of carbonyl (C=O) groups excluding carboxylic acids is 2. The van der Waals surface area contributed by atoms with Gasteiger partial charge in [-0.1, -0.05) is 18.2 Å². The Kier molecular flexibility index (Phi) is 4.70. The van der Waals surface area contributed by atoms with Crippen LogP contribution in [0.2, 0.25) is 0 Å². The normalized spacial score (nSPS) is 15.8. The summed E-state index contributed by atoms with van der Waals surface area (Å²) in [5.41, 5.74) is 2.00. The monoisotopic (exact) mass is 342 g/mol. The van der Waals surface area contributed by atoms with Gasteiger partial charge in [0.1, 0.15) is 11.6 Å². The molecular formula is C19H19FN2O3. The van der Waals surface area contributed by atoms with Crippen molar-refractivity contribution < 1.29 is 19.1 Å². The molecular weight excluding hydrogens is 323 g/mol. The van der Waals surface area contributed by atoms with E-state index in [1.54, 1.807) is 4.90 Å². The number of nitrogens with one attached hydrogen (secondary N) is 1. The number of halogens is 1. The van der Waals surface area contributed by atoms with Crippen LogP contribution in [0.3, 0.4) is 0 Å². The summed E-state index contributed by atoms with van der Waals surface area (Å²) in [5, 5.41) is 12.2. The van der Waals surface area contributed by atoms with E-state index in [-0.39, 0.29) is 35.6 Å². The van der Waals surface area contributed by atoms with Crippen LogP contribution < -0.4 is 10.2 Å². The van der Waals surface area contributed by atoms with Gasteiger partial charge in [-0.25, -0.2) is 4.39 Å². The first-order chi connectivity index (χ1) is 12.0. The van der Waals surface area contributed by atoms with Crippen LogP contribution in [0.1, 0.15) is 31.2 Å². The molecule has 6 heteroatoms. The highest BCUT2D eigenvalue weighted by Gasteiger charge is 2.30. The van der Waals surface area contributed by atoms with Gasteiger partial charge >= 0.3 is 0 Å². The van der Waals surface area contributed by atoms with Crippen molar-refractivity contribution in [3.05, 3.63) is 53.8 Å². The van der Waals surface area contributed by atoms with Gasteiger partial charge in [-0.15, -0.1) is 0 Å². The molecule has 5 nitrogen and oxygen atoms in total. The number of carbonyl (C=O) groups is 2. The van der Waals surface area contributed by atoms with Crippen LogP contribution in [0.25, 0.3) is 0 Å².